The maximum absolute atomic E-state index is 10.5. The quantitative estimate of drug-likeness (QED) is 0.809. The van der Waals surface area contributed by atoms with Crippen LogP contribution in [0.3, 0.4) is 0 Å². The molecule has 0 unspecified atom stereocenters. The average Bonchev–Trinajstić information content (AvgIpc) is 2.38. The first-order chi connectivity index (χ1) is 9.06. The van der Waals surface area contributed by atoms with Gasteiger partial charge in [0.15, 0.2) is 11.0 Å². The molecule has 106 valence electrons. The third-order valence-electron chi connectivity index (χ3n) is 3.35. The molecule has 0 spiro atoms. The number of anilines is 2. The molecule has 1 aliphatic heterocycles. The summed E-state index contributed by atoms with van der Waals surface area (Å²) < 4.78 is 5.28. The van der Waals surface area contributed by atoms with Crippen molar-refractivity contribution in [2.24, 2.45) is 0 Å². The fourth-order valence-electron chi connectivity index (χ4n) is 2.29. The Morgan fingerprint density at radius 3 is 2.79 bits per heavy atom. The smallest absolute Gasteiger partial charge is 0.157 e. The second-order valence-electron chi connectivity index (χ2n) is 4.81. The Kier molecular flexibility index (Phi) is 4.44. The van der Waals surface area contributed by atoms with E-state index in [2.05, 4.69) is 15.3 Å². The van der Waals surface area contributed by atoms with Gasteiger partial charge in [-0.1, -0.05) is 11.6 Å². The molecule has 1 saturated heterocycles. The Labute approximate surface area is 117 Å². The number of nitrogens with zero attached hydrogens (tertiary/aromatic N) is 3. The summed E-state index contributed by atoms with van der Waals surface area (Å²) in [5.74, 6) is 0.683. The Bertz CT molecular complexity index is 438. The maximum Gasteiger partial charge on any atom is 0.157 e. The molecular formula is C12H19ClN4O2. The fourth-order valence-corrected chi connectivity index (χ4v) is 2.51. The lowest BCUT2D eigenvalue weighted by Gasteiger charge is -2.36. The molecule has 6 nitrogen and oxygen atoms in total. The Morgan fingerprint density at radius 1 is 1.47 bits per heavy atom. The van der Waals surface area contributed by atoms with Gasteiger partial charge in [0, 0.05) is 46.7 Å². The fraction of sp³-hybridized carbons (Fsp3) is 0.667. The molecular weight excluding hydrogens is 268 g/mol. The van der Waals surface area contributed by atoms with Crippen LogP contribution >= 0.6 is 11.6 Å². The van der Waals surface area contributed by atoms with Gasteiger partial charge in [0.2, 0.25) is 0 Å². The van der Waals surface area contributed by atoms with Crippen LogP contribution in [0.4, 0.5) is 11.5 Å². The predicted molar refractivity (Wildman–Crippen MR) is 74.9 cm³/mol. The van der Waals surface area contributed by atoms with Crippen LogP contribution in [0, 0.1) is 0 Å². The first-order valence-corrected chi connectivity index (χ1v) is 6.63. The summed E-state index contributed by atoms with van der Waals surface area (Å²) in [7, 11) is 3.65. The number of hydrogen-bond donors (Lipinski definition) is 2. The highest BCUT2D eigenvalue weighted by Crippen LogP contribution is 2.30. The summed E-state index contributed by atoms with van der Waals surface area (Å²) in [6.45, 7) is 1.67. The molecule has 1 aromatic rings. The van der Waals surface area contributed by atoms with Crippen molar-refractivity contribution in [1.29, 1.82) is 0 Å². The molecule has 19 heavy (non-hydrogen) atoms. The van der Waals surface area contributed by atoms with Gasteiger partial charge in [-0.05, 0) is 0 Å². The van der Waals surface area contributed by atoms with Gasteiger partial charge in [-0.25, -0.2) is 9.97 Å². The third-order valence-corrected chi connectivity index (χ3v) is 3.63. The summed E-state index contributed by atoms with van der Waals surface area (Å²) in [6.07, 6.45) is 2.68. The lowest BCUT2D eigenvalue weighted by molar-refractivity contribution is -0.0573. The van der Waals surface area contributed by atoms with Crippen LogP contribution in [0.25, 0.3) is 0 Å². The molecule has 0 aromatic carbocycles. The highest BCUT2D eigenvalue weighted by atomic mass is 35.5. The molecule has 0 aliphatic carbocycles. The molecule has 0 bridgehead atoms. The number of aromatic nitrogens is 2. The van der Waals surface area contributed by atoms with E-state index in [9.17, 15) is 5.11 Å². The van der Waals surface area contributed by atoms with E-state index in [1.54, 1.807) is 7.05 Å². The molecule has 1 fully saturated rings. The van der Waals surface area contributed by atoms with E-state index >= 15 is 0 Å². The zero-order valence-corrected chi connectivity index (χ0v) is 11.9. The Hall–Kier alpha value is -1.11. The lowest BCUT2D eigenvalue weighted by atomic mass is 9.94. The van der Waals surface area contributed by atoms with Crippen molar-refractivity contribution >= 4 is 23.1 Å². The summed E-state index contributed by atoms with van der Waals surface area (Å²) >= 11 is 6.03. The highest BCUT2D eigenvalue weighted by molar-refractivity contribution is 6.32. The van der Waals surface area contributed by atoms with Crippen molar-refractivity contribution < 1.29 is 9.84 Å². The van der Waals surface area contributed by atoms with Crippen LogP contribution in [0.15, 0.2) is 6.33 Å². The SMILES string of the molecule is CNc1c(Cl)ncnc1N(C)CC1(O)CCOCC1. The van der Waals surface area contributed by atoms with Crippen LogP contribution < -0.4 is 10.2 Å². The van der Waals surface area contributed by atoms with Gasteiger partial charge in [0.05, 0.1) is 5.60 Å². The number of aliphatic hydroxyl groups is 1. The molecule has 2 N–H and O–H groups in total. The first kappa shape index (κ1) is 14.3. The van der Waals surface area contributed by atoms with Crippen molar-refractivity contribution in [3.05, 3.63) is 11.5 Å². The summed E-state index contributed by atoms with van der Waals surface area (Å²) in [5.41, 5.74) is -0.0718. The number of nitrogens with one attached hydrogen (secondary N) is 1. The van der Waals surface area contributed by atoms with E-state index in [1.807, 2.05) is 11.9 Å². The summed E-state index contributed by atoms with van der Waals surface area (Å²) in [6, 6.07) is 0. The predicted octanol–water partition coefficient (Wildman–Crippen LogP) is 1.15. The third kappa shape index (κ3) is 3.26. The van der Waals surface area contributed by atoms with Gasteiger partial charge in [0.25, 0.3) is 0 Å². The van der Waals surface area contributed by atoms with E-state index in [4.69, 9.17) is 16.3 Å². The van der Waals surface area contributed by atoms with Gasteiger partial charge in [-0.2, -0.15) is 0 Å². The largest absolute Gasteiger partial charge is 0.388 e. The number of rotatable bonds is 4. The van der Waals surface area contributed by atoms with Crippen LogP contribution in [0.1, 0.15) is 12.8 Å². The maximum atomic E-state index is 10.5. The molecule has 2 rings (SSSR count). The standard InChI is InChI=1S/C12H19ClN4O2/c1-14-9-10(13)15-8-16-11(9)17(2)7-12(18)3-5-19-6-4-12/h8,14,18H,3-7H2,1-2H3. The van der Waals surface area contributed by atoms with Gasteiger partial charge in [-0.15, -0.1) is 0 Å². The van der Waals surface area contributed by atoms with E-state index in [1.165, 1.54) is 6.33 Å². The second kappa shape index (κ2) is 5.90. The van der Waals surface area contributed by atoms with Crippen molar-refractivity contribution in [2.75, 3.05) is 44.1 Å². The number of likely N-dealkylation sites (N-methyl/N-ethyl adjacent to an activating group) is 1. The van der Waals surface area contributed by atoms with Crippen LogP contribution in [0.2, 0.25) is 5.15 Å². The van der Waals surface area contributed by atoms with Crippen molar-refractivity contribution in [3.63, 3.8) is 0 Å². The zero-order chi connectivity index (χ0) is 13.9. The minimum atomic E-state index is -0.741. The number of ether oxygens (including phenoxy) is 1. The van der Waals surface area contributed by atoms with Crippen molar-refractivity contribution in [1.82, 2.24) is 9.97 Å². The topological polar surface area (TPSA) is 70.5 Å². The average molecular weight is 287 g/mol. The Morgan fingerprint density at radius 2 is 2.16 bits per heavy atom. The summed E-state index contributed by atoms with van der Waals surface area (Å²) in [5, 5.41) is 13.9. The van der Waals surface area contributed by atoms with Gasteiger partial charge in [-0.3, -0.25) is 0 Å². The molecule has 7 heteroatoms. The second-order valence-corrected chi connectivity index (χ2v) is 5.16. The van der Waals surface area contributed by atoms with E-state index in [-0.39, 0.29) is 0 Å². The van der Waals surface area contributed by atoms with Crippen LogP contribution in [-0.2, 0) is 4.74 Å². The zero-order valence-electron chi connectivity index (χ0n) is 11.2. The highest BCUT2D eigenvalue weighted by Gasteiger charge is 2.32. The molecule has 0 amide bonds. The van der Waals surface area contributed by atoms with E-state index in [0.717, 1.165) is 0 Å². The molecule has 0 atom stereocenters. The van der Waals surface area contributed by atoms with Crippen LogP contribution in [0.5, 0.6) is 0 Å². The van der Waals surface area contributed by atoms with Crippen molar-refractivity contribution in [2.45, 2.75) is 18.4 Å². The first-order valence-electron chi connectivity index (χ1n) is 6.25. The monoisotopic (exact) mass is 286 g/mol. The molecule has 1 aromatic heterocycles. The van der Waals surface area contributed by atoms with Crippen LogP contribution in [-0.4, -0.2) is 54.5 Å². The normalized spacial score (nSPS) is 18.1. The van der Waals surface area contributed by atoms with E-state index < -0.39 is 5.60 Å². The molecule has 2 heterocycles. The minimum absolute atomic E-state index is 0.373. The molecule has 1 aliphatic rings. The Balaban J connectivity index is 2.15. The van der Waals surface area contributed by atoms with Gasteiger partial charge in [0.1, 0.15) is 12.0 Å². The van der Waals surface area contributed by atoms with Gasteiger partial charge < -0.3 is 20.1 Å². The lowest BCUT2D eigenvalue weighted by Crippen LogP contribution is -2.46. The number of hydrogen-bond acceptors (Lipinski definition) is 6. The molecule has 0 radical (unpaired) electrons. The van der Waals surface area contributed by atoms with Crippen molar-refractivity contribution in [3.8, 4) is 0 Å². The summed E-state index contributed by atoms with van der Waals surface area (Å²) in [4.78, 5) is 10.1. The van der Waals surface area contributed by atoms with E-state index in [0.29, 0.717) is 49.3 Å². The molecule has 0 saturated carbocycles. The van der Waals surface area contributed by atoms with Gasteiger partial charge >= 0.3 is 0 Å². The minimum Gasteiger partial charge on any atom is -0.388 e. The number of halogens is 1.